The van der Waals surface area contributed by atoms with E-state index in [1.807, 2.05) is 13.0 Å². The highest BCUT2D eigenvalue weighted by Crippen LogP contribution is 2.25. The minimum Gasteiger partial charge on any atom is -0.508 e. The zero-order valence-electron chi connectivity index (χ0n) is 8.41. The molecule has 1 aromatic rings. The van der Waals surface area contributed by atoms with E-state index in [1.165, 1.54) is 0 Å². The summed E-state index contributed by atoms with van der Waals surface area (Å²) in [7, 11) is 0. The van der Waals surface area contributed by atoms with Crippen LogP contribution in [0.15, 0.2) is 18.2 Å². The highest BCUT2D eigenvalue weighted by molar-refractivity contribution is 5.36. The summed E-state index contributed by atoms with van der Waals surface area (Å²) in [6.45, 7) is 6.17. The zero-order chi connectivity index (χ0) is 10.0. The van der Waals surface area contributed by atoms with Crippen LogP contribution in [0.4, 0.5) is 0 Å². The highest BCUT2D eigenvalue weighted by Gasteiger charge is 2.12. The lowest BCUT2D eigenvalue weighted by molar-refractivity contribution is 0.468. The van der Waals surface area contributed by atoms with Crippen LogP contribution in [-0.4, -0.2) is 5.11 Å². The molecule has 0 heterocycles. The quantitative estimate of drug-likeness (QED) is 0.732. The number of aromatic hydroxyl groups is 1. The first-order valence-corrected chi connectivity index (χ1v) is 4.57. The lowest BCUT2D eigenvalue weighted by Gasteiger charge is -2.18. The van der Waals surface area contributed by atoms with Gasteiger partial charge in [-0.05, 0) is 36.1 Å². The summed E-state index contributed by atoms with van der Waals surface area (Å²) in [4.78, 5) is 0. The van der Waals surface area contributed by atoms with Gasteiger partial charge in [-0.15, -0.1) is 0 Å². The second-order valence-corrected chi connectivity index (χ2v) is 3.81. The van der Waals surface area contributed by atoms with Gasteiger partial charge in [0.15, 0.2) is 0 Å². The van der Waals surface area contributed by atoms with Crippen molar-refractivity contribution in [2.75, 3.05) is 0 Å². The van der Waals surface area contributed by atoms with Crippen LogP contribution in [0.3, 0.4) is 0 Å². The molecule has 13 heavy (non-hydrogen) atoms. The molecule has 3 N–H and O–H groups in total. The van der Waals surface area contributed by atoms with Gasteiger partial charge in [0.1, 0.15) is 5.75 Å². The fourth-order valence-electron chi connectivity index (χ4n) is 1.35. The van der Waals surface area contributed by atoms with E-state index in [9.17, 15) is 5.11 Å². The fraction of sp³-hybridized carbons (Fsp3) is 0.455. The van der Waals surface area contributed by atoms with Crippen LogP contribution in [0.1, 0.15) is 31.0 Å². The Bertz CT molecular complexity index is 294. The van der Waals surface area contributed by atoms with Gasteiger partial charge in [0.05, 0.1) is 0 Å². The number of phenolic OH excluding ortho intramolecular Hbond substituents is 1. The Labute approximate surface area is 79.4 Å². The monoisotopic (exact) mass is 179 g/mol. The van der Waals surface area contributed by atoms with E-state index in [1.54, 1.807) is 12.1 Å². The molecule has 0 fully saturated rings. The van der Waals surface area contributed by atoms with Gasteiger partial charge >= 0.3 is 0 Å². The minimum atomic E-state index is 0.00657. The largest absolute Gasteiger partial charge is 0.508 e. The Balaban J connectivity index is 3.05. The molecule has 0 aliphatic heterocycles. The van der Waals surface area contributed by atoms with E-state index < -0.39 is 0 Å². The number of phenols is 1. The van der Waals surface area contributed by atoms with E-state index in [4.69, 9.17) is 5.73 Å². The van der Waals surface area contributed by atoms with Gasteiger partial charge in [0, 0.05) is 6.04 Å². The molecular formula is C11H17NO. The van der Waals surface area contributed by atoms with E-state index in [-0.39, 0.29) is 11.8 Å². The van der Waals surface area contributed by atoms with Crippen LogP contribution >= 0.6 is 0 Å². The van der Waals surface area contributed by atoms with Crippen LogP contribution in [0, 0.1) is 12.8 Å². The van der Waals surface area contributed by atoms with Crippen molar-refractivity contribution >= 4 is 0 Å². The molecule has 0 amide bonds. The van der Waals surface area contributed by atoms with Gasteiger partial charge < -0.3 is 10.8 Å². The number of nitrogens with two attached hydrogens (primary N) is 1. The van der Waals surface area contributed by atoms with Crippen molar-refractivity contribution in [1.82, 2.24) is 0 Å². The third kappa shape index (κ3) is 2.22. The predicted molar refractivity (Wildman–Crippen MR) is 54.6 cm³/mol. The third-order valence-electron chi connectivity index (χ3n) is 2.34. The molecule has 1 unspecified atom stereocenters. The second-order valence-electron chi connectivity index (χ2n) is 3.81. The minimum absolute atomic E-state index is 0.00657. The van der Waals surface area contributed by atoms with E-state index in [2.05, 4.69) is 13.8 Å². The van der Waals surface area contributed by atoms with Crippen LogP contribution in [0.5, 0.6) is 5.75 Å². The Morgan fingerprint density at radius 3 is 2.46 bits per heavy atom. The lowest BCUT2D eigenvalue weighted by atomic mass is 9.93. The second kappa shape index (κ2) is 3.79. The summed E-state index contributed by atoms with van der Waals surface area (Å²) in [6.07, 6.45) is 0. The van der Waals surface area contributed by atoms with Gasteiger partial charge in [-0.2, -0.15) is 0 Å². The SMILES string of the molecule is Cc1ccc(O)cc1C(N)C(C)C. The van der Waals surface area contributed by atoms with Crippen molar-refractivity contribution in [3.05, 3.63) is 29.3 Å². The molecule has 1 aromatic carbocycles. The average Bonchev–Trinajstić information content (AvgIpc) is 2.08. The molecular weight excluding hydrogens is 162 g/mol. The van der Waals surface area contributed by atoms with Crippen molar-refractivity contribution in [3.8, 4) is 5.75 Å². The molecule has 2 nitrogen and oxygen atoms in total. The van der Waals surface area contributed by atoms with E-state index in [0.29, 0.717) is 5.92 Å². The smallest absolute Gasteiger partial charge is 0.115 e. The number of hydrogen-bond acceptors (Lipinski definition) is 2. The molecule has 0 bridgehead atoms. The molecule has 0 spiro atoms. The summed E-state index contributed by atoms with van der Waals surface area (Å²) in [5.41, 5.74) is 8.17. The van der Waals surface area contributed by atoms with E-state index in [0.717, 1.165) is 11.1 Å². The summed E-state index contributed by atoms with van der Waals surface area (Å²) < 4.78 is 0. The summed E-state index contributed by atoms with van der Waals surface area (Å²) in [6, 6.07) is 5.34. The zero-order valence-corrected chi connectivity index (χ0v) is 8.41. The van der Waals surface area contributed by atoms with Gasteiger partial charge in [-0.3, -0.25) is 0 Å². The first kappa shape index (κ1) is 10.1. The Morgan fingerprint density at radius 2 is 1.92 bits per heavy atom. The van der Waals surface area contributed by atoms with Crippen LogP contribution < -0.4 is 5.73 Å². The molecule has 0 radical (unpaired) electrons. The summed E-state index contributed by atoms with van der Waals surface area (Å²) in [5, 5.41) is 9.31. The normalized spacial score (nSPS) is 13.3. The fourth-order valence-corrected chi connectivity index (χ4v) is 1.35. The van der Waals surface area contributed by atoms with Crippen LogP contribution in [0.2, 0.25) is 0 Å². The molecule has 0 aliphatic rings. The van der Waals surface area contributed by atoms with Gasteiger partial charge in [-0.25, -0.2) is 0 Å². The van der Waals surface area contributed by atoms with Gasteiger partial charge in [-0.1, -0.05) is 19.9 Å². The number of hydrogen-bond donors (Lipinski definition) is 2. The average molecular weight is 179 g/mol. The summed E-state index contributed by atoms with van der Waals surface area (Å²) >= 11 is 0. The van der Waals surface area contributed by atoms with E-state index >= 15 is 0 Å². The van der Waals surface area contributed by atoms with Gasteiger partial charge in [0.25, 0.3) is 0 Å². The number of benzene rings is 1. The number of aryl methyl sites for hydroxylation is 1. The number of rotatable bonds is 2. The molecule has 1 rings (SSSR count). The molecule has 0 saturated carbocycles. The maximum absolute atomic E-state index is 9.31. The summed E-state index contributed by atoms with van der Waals surface area (Å²) in [5.74, 6) is 0.678. The standard InChI is InChI=1S/C11H17NO/c1-7(2)11(12)10-6-9(13)5-4-8(10)3/h4-7,11,13H,12H2,1-3H3. The van der Waals surface area contributed by atoms with Crippen molar-refractivity contribution in [2.24, 2.45) is 11.7 Å². The first-order valence-electron chi connectivity index (χ1n) is 4.57. The van der Waals surface area contributed by atoms with Crippen LogP contribution in [-0.2, 0) is 0 Å². The third-order valence-corrected chi connectivity index (χ3v) is 2.34. The maximum atomic E-state index is 9.31. The molecule has 2 heteroatoms. The predicted octanol–water partition coefficient (Wildman–Crippen LogP) is 2.36. The van der Waals surface area contributed by atoms with Crippen molar-refractivity contribution in [2.45, 2.75) is 26.8 Å². The Hall–Kier alpha value is -1.02. The first-order chi connectivity index (χ1) is 6.02. The Kier molecular flexibility index (Phi) is 2.94. The van der Waals surface area contributed by atoms with Crippen LogP contribution in [0.25, 0.3) is 0 Å². The van der Waals surface area contributed by atoms with Crippen molar-refractivity contribution < 1.29 is 5.11 Å². The van der Waals surface area contributed by atoms with Crippen molar-refractivity contribution in [1.29, 1.82) is 0 Å². The molecule has 0 aromatic heterocycles. The highest BCUT2D eigenvalue weighted by atomic mass is 16.3. The molecule has 0 aliphatic carbocycles. The molecule has 1 atom stereocenters. The van der Waals surface area contributed by atoms with Crippen molar-refractivity contribution in [3.63, 3.8) is 0 Å². The Morgan fingerprint density at radius 1 is 1.31 bits per heavy atom. The molecule has 0 saturated heterocycles. The topological polar surface area (TPSA) is 46.2 Å². The lowest BCUT2D eigenvalue weighted by Crippen LogP contribution is -2.17. The van der Waals surface area contributed by atoms with Gasteiger partial charge in [0.2, 0.25) is 0 Å². The molecule has 72 valence electrons. The maximum Gasteiger partial charge on any atom is 0.115 e.